The smallest absolute Gasteiger partial charge is 0.249 e. The summed E-state index contributed by atoms with van der Waals surface area (Å²) in [6.07, 6.45) is 3.34. The highest BCUT2D eigenvalue weighted by Crippen LogP contribution is 2.49. The number of anilines is 3. The molecule has 2 aliphatic heterocycles. The van der Waals surface area contributed by atoms with E-state index in [-0.39, 0.29) is 12.1 Å². The Bertz CT molecular complexity index is 3330. The van der Waals surface area contributed by atoms with Crippen LogP contribution in [0.15, 0.2) is 174 Å². The fraction of sp³-hybridized carbons (Fsp3) is 0.143. The van der Waals surface area contributed by atoms with Gasteiger partial charge in [-0.1, -0.05) is 161 Å². The van der Waals surface area contributed by atoms with E-state index in [2.05, 4.69) is 201 Å². The molecule has 0 atom stereocenters. The molecule has 2 aromatic heterocycles. The van der Waals surface area contributed by atoms with Gasteiger partial charge in [0.25, 0.3) is 0 Å². The maximum atomic E-state index is 2.67. The van der Waals surface area contributed by atoms with Crippen molar-refractivity contribution in [2.45, 2.75) is 62.2 Å². The predicted octanol–water partition coefficient (Wildman–Crippen LogP) is 14.2. The molecule has 12 rings (SSSR count). The summed E-state index contributed by atoms with van der Waals surface area (Å²) < 4.78 is 5.25. The molecule has 0 unspecified atom stereocenters. The van der Waals surface area contributed by atoms with Crippen LogP contribution < -0.4 is 21.3 Å². The van der Waals surface area contributed by atoms with Crippen LogP contribution in [0.2, 0.25) is 0 Å². The molecule has 5 heteroatoms. The third kappa shape index (κ3) is 5.70. The van der Waals surface area contributed by atoms with Gasteiger partial charge < -0.3 is 9.47 Å². The highest BCUT2D eigenvalue weighted by atomic mass is 32.2. The van der Waals surface area contributed by atoms with E-state index in [1.54, 1.807) is 0 Å². The minimum absolute atomic E-state index is 0.0454. The summed E-state index contributed by atoms with van der Waals surface area (Å²) in [6.45, 7) is 9.49. The Kier molecular flexibility index (Phi) is 8.46. The Labute approximate surface area is 366 Å². The average Bonchev–Trinajstić information content (AvgIpc) is 3.84. The maximum Gasteiger partial charge on any atom is 0.249 e. The van der Waals surface area contributed by atoms with Crippen molar-refractivity contribution in [1.82, 2.24) is 4.57 Å². The van der Waals surface area contributed by atoms with Crippen LogP contribution in [0.4, 0.5) is 17.1 Å². The van der Waals surface area contributed by atoms with Crippen molar-refractivity contribution in [2.24, 2.45) is 0 Å². The Hall–Kier alpha value is -6.01. The van der Waals surface area contributed by atoms with E-state index >= 15 is 0 Å². The van der Waals surface area contributed by atoms with Crippen LogP contribution in [0.5, 0.6) is 0 Å². The first-order valence-corrected chi connectivity index (χ1v) is 23.4. The monoisotopic (exact) mass is 820 g/mol. The van der Waals surface area contributed by atoms with Gasteiger partial charge in [0.15, 0.2) is 0 Å². The van der Waals surface area contributed by atoms with Gasteiger partial charge >= 0.3 is 0 Å². The molecule has 0 bridgehead atoms. The van der Waals surface area contributed by atoms with Crippen LogP contribution in [0, 0.1) is 0 Å². The number of hydrogen-bond donors (Lipinski definition) is 0. The number of hydrogen-bond acceptors (Lipinski definition) is 3. The van der Waals surface area contributed by atoms with Crippen LogP contribution >= 0.6 is 23.1 Å². The second-order valence-corrected chi connectivity index (χ2v) is 20.0. The lowest BCUT2D eigenvalue weighted by Gasteiger charge is -2.42. The zero-order valence-electron chi connectivity index (χ0n) is 35.0. The fourth-order valence-electron chi connectivity index (χ4n) is 10.2. The number of nitrogens with zero attached hydrogens (tertiary/aromatic N) is 2. The van der Waals surface area contributed by atoms with Crippen molar-refractivity contribution in [3.05, 3.63) is 175 Å². The molecule has 0 spiro atoms. The van der Waals surface area contributed by atoms with Crippen LogP contribution in [0.1, 0.15) is 51.7 Å². The molecule has 0 fully saturated rings. The topological polar surface area (TPSA) is 8.17 Å². The van der Waals surface area contributed by atoms with Crippen molar-refractivity contribution in [2.75, 3.05) is 4.90 Å². The molecule has 4 heterocycles. The molecule has 0 amide bonds. The summed E-state index contributed by atoms with van der Waals surface area (Å²) in [5.41, 5.74) is 17.0. The zero-order chi connectivity index (χ0) is 41.0. The Morgan fingerprint density at radius 2 is 1.26 bits per heavy atom. The molecule has 0 radical (unpaired) electrons. The molecular weight excluding hydrogens is 776 g/mol. The van der Waals surface area contributed by atoms with Crippen LogP contribution in [-0.2, 0) is 11.8 Å². The number of rotatable bonds is 6. The molecule has 0 aliphatic carbocycles. The lowest BCUT2D eigenvalue weighted by atomic mass is 9.34. The molecule has 8 aromatic carbocycles. The van der Waals surface area contributed by atoms with Gasteiger partial charge in [0.05, 0.1) is 16.7 Å². The number of para-hydroxylation sites is 2. The summed E-state index contributed by atoms with van der Waals surface area (Å²) in [4.78, 5) is 5.36. The van der Waals surface area contributed by atoms with Crippen LogP contribution in [0.25, 0.3) is 58.8 Å². The van der Waals surface area contributed by atoms with Crippen molar-refractivity contribution in [3.63, 3.8) is 0 Å². The van der Waals surface area contributed by atoms with Gasteiger partial charge in [0.2, 0.25) is 6.71 Å². The second kappa shape index (κ2) is 14.0. The molecule has 0 N–H and O–H groups in total. The number of aromatic nitrogens is 1. The Morgan fingerprint density at radius 1 is 0.557 bits per heavy atom. The van der Waals surface area contributed by atoms with Crippen molar-refractivity contribution in [3.8, 4) is 16.8 Å². The third-order valence-corrected chi connectivity index (χ3v) is 15.6. The highest BCUT2D eigenvalue weighted by Gasteiger charge is 2.42. The molecule has 2 aliphatic rings. The number of fused-ring (bicyclic) bond motifs is 10. The predicted molar refractivity (Wildman–Crippen MR) is 266 cm³/mol. The van der Waals surface area contributed by atoms with Gasteiger partial charge in [-0.05, 0) is 106 Å². The largest absolute Gasteiger partial charge is 0.311 e. The van der Waals surface area contributed by atoms with E-state index in [4.69, 9.17) is 0 Å². The Morgan fingerprint density at radius 3 is 2.02 bits per heavy atom. The summed E-state index contributed by atoms with van der Waals surface area (Å²) in [6, 6.07) is 62.1. The molecule has 0 saturated heterocycles. The number of unbranched alkanes of at least 4 members (excludes halogenated alkanes) is 1. The summed E-state index contributed by atoms with van der Waals surface area (Å²) in [5.74, 6) is 0. The van der Waals surface area contributed by atoms with Crippen LogP contribution in [0.3, 0.4) is 0 Å². The quantitative estimate of drug-likeness (QED) is 0.154. The molecular formula is C56H45BN2S2. The normalized spacial score (nSPS) is 13.3. The summed E-state index contributed by atoms with van der Waals surface area (Å²) >= 11 is 3.93. The summed E-state index contributed by atoms with van der Waals surface area (Å²) in [7, 11) is 0. The first-order valence-electron chi connectivity index (χ1n) is 21.8. The van der Waals surface area contributed by atoms with E-state index in [1.165, 1.54) is 113 Å². The maximum absolute atomic E-state index is 2.67. The minimum Gasteiger partial charge on any atom is -0.311 e. The highest BCUT2D eigenvalue weighted by molar-refractivity contribution is 8.00. The van der Waals surface area contributed by atoms with Gasteiger partial charge in [-0.15, -0.1) is 11.3 Å². The summed E-state index contributed by atoms with van der Waals surface area (Å²) in [5, 5.41) is 5.31. The van der Waals surface area contributed by atoms with E-state index in [0.29, 0.717) is 0 Å². The third-order valence-electron chi connectivity index (χ3n) is 13.2. The SMILES string of the molecule is CCCCc1c(N2c3ccc(-c4ccccc4)cc3B3c4ccc(-n5c6ccccc6c6ccccc65)cc4Sc4cc(C(C)(C)C)cc2c43)ccc2c1sc1ccccc12. The molecule has 61 heavy (non-hydrogen) atoms. The van der Waals surface area contributed by atoms with Crippen molar-refractivity contribution in [1.29, 1.82) is 0 Å². The minimum atomic E-state index is -0.0454. The van der Waals surface area contributed by atoms with Crippen LogP contribution in [-0.4, -0.2) is 11.3 Å². The molecule has 2 nitrogen and oxygen atoms in total. The molecule has 0 saturated carbocycles. The van der Waals surface area contributed by atoms with Gasteiger partial charge in [-0.2, -0.15) is 0 Å². The van der Waals surface area contributed by atoms with E-state index in [0.717, 1.165) is 19.3 Å². The number of benzene rings is 8. The van der Waals surface area contributed by atoms with E-state index in [1.807, 2.05) is 23.1 Å². The number of aryl methyl sites for hydroxylation is 1. The first-order chi connectivity index (χ1) is 29.9. The average molecular weight is 821 g/mol. The van der Waals surface area contributed by atoms with Crippen molar-refractivity contribution >= 4 is 105 Å². The second-order valence-electron chi connectivity index (χ2n) is 17.9. The molecule has 10 aromatic rings. The van der Waals surface area contributed by atoms with Gasteiger partial charge in [-0.3, -0.25) is 0 Å². The standard InChI is InChI=1S/C56H45BN2S2/c1-5-6-18-43-48(30-27-42-41-21-12-15-24-51(41)61-55(42)43)59-49-29-25-36(35-16-8-7-9-17-35)31-45(49)57-44-28-26-38(58-46-22-13-10-19-39(46)40-20-11-14-23-47(40)58)34-52(44)60-53-33-37(56(2,3)4)32-50(59)54(53)57/h7-17,19-34H,5-6,18H2,1-4H3. The van der Waals surface area contributed by atoms with Gasteiger partial charge in [-0.25, -0.2) is 0 Å². The first kappa shape index (κ1) is 36.8. The number of thiophene rings is 1. The van der Waals surface area contributed by atoms with Gasteiger partial charge in [0.1, 0.15) is 0 Å². The lowest BCUT2D eigenvalue weighted by Crippen LogP contribution is -2.60. The fourth-order valence-corrected chi connectivity index (χ4v) is 12.7. The van der Waals surface area contributed by atoms with E-state index in [9.17, 15) is 0 Å². The van der Waals surface area contributed by atoms with Crippen molar-refractivity contribution < 1.29 is 0 Å². The lowest BCUT2D eigenvalue weighted by molar-refractivity contribution is 0.589. The van der Waals surface area contributed by atoms with Gasteiger partial charge in [0, 0.05) is 57.8 Å². The zero-order valence-corrected chi connectivity index (χ0v) is 36.6. The molecule has 294 valence electrons. The van der Waals surface area contributed by atoms with E-state index < -0.39 is 0 Å². The Balaban J connectivity index is 1.13.